The number of hydrogen-bond acceptors (Lipinski definition) is 5. The van der Waals surface area contributed by atoms with E-state index in [1.54, 1.807) is 36.4 Å². The van der Waals surface area contributed by atoms with Crippen LogP contribution in [-0.4, -0.2) is 26.6 Å². The molecule has 3 aromatic rings. The zero-order valence-corrected chi connectivity index (χ0v) is 15.5. The van der Waals surface area contributed by atoms with Crippen molar-refractivity contribution in [3.8, 4) is 0 Å². The second-order valence-electron chi connectivity index (χ2n) is 6.25. The third-order valence-corrected chi connectivity index (χ3v) is 4.24. The lowest BCUT2D eigenvalue weighted by atomic mass is 10.1. The number of unbranched alkanes of at least 4 members (excludes halogenated alkanes) is 2. The Morgan fingerprint density at radius 1 is 0.964 bits per heavy atom. The summed E-state index contributed by atoms with van der Waals surface area (Å²) < 4.78 is 1.31. The average molecular weight is 379 g/mol. The number of benzene rings is 1. The van der Waals surface area contributed by atoms with E-state index in [4.69, 9.17) is 0 Å². The minimum Gasteiger partial charge on any atom is -0.267 e. The number of hydrazine groups is 1. The summed E-state index contributed by atoms with van der Waals surface area (Å²) in [4.78, 5) is 41.3. The molecule has 2 amide bonds. The molecular formula is C20H21N5O3. The van der Waals surface area contributed by atoms with Crippen molar-refractivity contribution in [2.75, 3.05) is 0 Å². The van der Waals surface area contributed by atoms with E-state index < -0.39 is 11.8 Å². The maximum atomic E-state index is 12.7. The molecule has 8 heteroatoms. The number of carbonyl (C=O) groups is 2. The Morgan fingerprint density at radius 2 is 1.68 bits per heavy atom. The number of amides is 2. The summed E-state index contributed by atoms with van der Waals surface area (Å²) in [6.45, 7) is 2.50. The number of aryl methyl sites for hydroxylation is 1. The molecule has 0 saturated carbocycles. The van der Waals surface area contributed by atoms with Gasteiger partial charge in [-0.25, -0.2) is 4.68 Å². The molecule has 0 bridgehead atoms. The van der Waals surface area contributed by atoms with Gasteiger partial charge in [-0.2, -0.15) is 5.10 Å². The molecule has 1 aromatic carbocycles. The topological polar surface area (TPSA) is 106 Å². The summed E-state index contributed by atoms with van der Waals surface area (Å²) in [5, 5.41) is 5.09. The molecule has 0 saturated heterocycles. The average Bonchev–Trinajstić information content (AvgIpc) is 2.74. The van der Waals surface area contributed by atoms with Gasteiger partial charge in [0, 0.05) is 18.1 Å². The lowest BCUT2D eigenvalue weighted by Gasteiger charge is -2.11. The molecule has 2 N–H and O–H groups in total. The largest absolute Gasteiger partial charge is 0.290 e. The van der Waals surface area contributed by atoms with Gasteiger partial charge in [-0.1, -0.05) is 44.0 Å². The molecule has 0 aliphatic heterocycles. The second-order valence-corrected chi connectivity index (χ2v) is 6.25. The van der Waals surface area contributed by atoms with Crippen molar-refractivity contribution < 1.29 is 9.59 Å². The van der Waals surface area contributed by atoms with Crippen molar-refractivity contribution in [2.24, 2.45) is 0 Å². The van der Waals surface area contributed by atoms with Gasteiger partial charge < -0.3 is 0 Å². The predicted octanol–water partition coefficient (Wildman–Crippen LogP) is 2.06. The van der Waals surface area contributed by atoms with Crippen LogP contribution in [0.2, 0.25) is 0 Å². The summed E-state index contributed by atoms with van der Waals surface area (Å²) in [6, 6.07) is 11.7. The third kappa shape index (κ3) is 4.22. The SMILES string of the molecule is CCCCCn1nc(C(=O)NNC(=O)c2ccccn2)c2ccccc2c1=O. The van der Waals surface area contributed by atoms with Crippen LogP contribution in [0.25, 0.3) is 10.8 Å². The van der Waals surface area contributed by atoms with Crippen LogP contribution in [0.1, 0.15) is 47.2 Å². The fourth-order valence-corrected chi connectivity index (χ4v) is 2.80. The molecular weight excluding hydrogens is 358 g/mol. The second kappa shape index (κ2) is 8.90. The van der Waals surface area contributed by atoms with E-state index >= 15 is 0 Å². The maximum absolute atomic E-state index is 12.7. The first-order chi connectivity index (χ1) is 13.6. The van der Waals surface area contributed by atoms with E-state index in [1.807, 2.05) is 0 Å². The minimum atomic E-state index is -0.607. The van der Waals surface area contributed by atoms with E-state index in [2.05, 4.69) is 27.9 Å². The number of fused-ring (bicyclic) bond motifs is 1. The van der Waals surface area contributed by atoms with E-state index in [0.29, 0.717) is 17.3 Å². The monoisotopic (exact) mass is 379 g/mol. The number of rotatable bonds is 6. The van der Waals surface area contributed by atoms with Crippen molar-refractivity contribution >= 4 is 22.6 Å². The molecule has 0 unspecified atom stereocenters. The lowest BCUT2D eigenvalue weighted by molar-refractivity contribution is 0.0841. The minimum absolute atomic E-state index is 0.0769. The number of hydrogen-bond donors (Lipinski definition) is 2. The molecule has 0 aliphatic rings. The van der Waals surface area contributed by atoms with Crippen LogP contribution in [0.4, 0.5) is 0 Å². The predicted molar refractivity (Wildman–Crippen MR) is 105 cm³/mol. The van der Waals surface area contributed by atoms with Gasteiger partial charge in [-0.3, -0.25) is 30.2 Å². The first-order valence-electron chi connectivity index (χ1n) is 9.13. The molecule has 144 valence electrons. The fraction of sp³-hybridized carbons (Fsp3) is 0.250. The summed E-state index contributed by atoms with van der Waals surface area (Å²) in [5.74, 6) is -1.15. The Labute approximate surface area is 161 Å². The molecule has 2 aromatic heterocycles. The quantitative estimate of drug-likeness (QED) is 0.504. The molecule has 8 nitrogen and oxygen atoms in total. The van der Waals surface area contributed by atoms with E-state index in [1.165, 1.54) is 16.9 Å². The highest BCUT2D eigenvalue weighted by molar-refractivity contribution is 6.05. The van der Waals surface area contributed by atoms with Gasteiger partial charge in [0.05, 0.1) is 5.39 Å². The summed E-state index contributed by atoms with van der Waals surface area (Å²) in [5.41, 5.74) is 4.68. The summed E-state index contributed by atoms with van der Waals surface area (Å²) in [6.07, 6.45) is 4.25. The van der Waals surface area contributed by atoms with Gasteiger partial charge in [0.25, 0.3) is 17.4 Å². The van der Waals surface area contributed by atoms with Crippen LogP contribution in [-0.2, 0) is 6.54 Å². The van der Waals surface area contributed by atoms with E-state index in [0.717, 1.165) is 19.3 Å². The molecule has 2 heterocycles. The van der Waals surface area contributed by atoms with Crippen LogP contribution in [0, 0.1) is 0 Å². The van der Waals surface area contributed by atoms with Crippen LogP contribution in [0.5, 0.6) is 0 Å². The molecule has 0 aliphatic carbocycles. The van der Waals surface area contributed by atoms with Crippen LogP contribution >= 0.6 is 0 Å². The van der Waals surface area contributed by atoms with Gasteiger partial charge in [-0.05, 0) is 24.6 Å². The van der Waals surface area contributed by atoms with Gasteiger partial charge in [-0.15, -0.1) is 0 Å². The van der Waals surface area contributed by atoms with E-state index in [9.17, 15) is 14.4 Å². The van der Waals surface area contributed by atoms with Crippen molar-refractivity contribution in [1.29, 1.82) is 0 Å². The molecule has 0 spiro atoms. The maximum Gasteiger partial charge on any atom is 0.290 e. The fourth-order valence-electron chi connectivity index (χ4n) is 2.80. The Morgan fingerprint density at radius 3 is 2.39 bits per heavy atom. The Hall–Kier alpha value is -3.55. The number of carbonyl (C=O) groups excluding carboxylic acids is 2. The highest BCUT2D eigenvalue weighted by atomic mass is 16.2. The molecule has 0 atom stereocenters. The lowest BCUT2D eigenvalue weighted by Crippen LogP contribution is -2.43. The van der Waals surface area contributed by atoms with Gasteiger partial charge in [0.2, 0.25) is 0 Å². The zero-order chi connectivity index (χ0) is 19.9. The number of aromatic nitrogens is 3. The number of pyridine rings is 1. The molecule has 0 fully saturated rings. The van der Waals surface area contributed by atoms with Crippen molar-refractivity contribution in [3.63, 3.8) is 0 Å². The Bertz CT molecular complexity index is 1050. The van der Waals surface area contributed by atoms with Crippen LogP contribution < -0.4 is 16.4 Å². The van der Waals surface area contributed by atoms with Crippen molar-refractivity contribution in [2.45, 2.75) is 32.7 Å². The van der Waals surface area contributed by atoms with Crippen molar-refractivity contribution in [1.82, 2.24) is 25.6 Å². The van der Waals surface area contributed by atoms with Crippen LogP contribution in [0.3, 0.4) is 0 Å². The van der Waals surface area contributed by atoms with Gasteiger partial charge >= 0.3 is 0 Å². The Balaban J connectivity index is 1.86. The highest BCUT2D eigenvalue weighted by Gasteiger charge is 2.17. The normalized spacial score (nSPS) is 10.6. The summed E-state index contributed by atoms with van der Waals surface area (Å²) >= 11 is 0. The molecule has 3 rings (SSSR count). The first kappa shape index (κ1) is 19.2. The Kier molecular flexibility index (Phi) is 6.11. The van der Waals surface area contributed by atoms with E-state index in [-0.39, 0.29) is 16.9 Å². The standard InChI is InChI=1S/C20H21N5O3/c1-2-3-8-13-25-20(28)15-10-5-4-9-14(15)17(24-25)19(27)23-22-18(26)16-11-6-7-12-21-16/h4-7,9-12H,2-3,8,13H2,1H3,(H,22,26)(H,23,27). The molecule has 28 heavy (non-hydrogen) atoms. The van der Waals surface area contributed by atoms with Gasteiger partial charge in [0.1, 0.15) is 5.69 Å². The highest BCUT2D eigenvalue weighted by Crippen LogP contribution is 2.13. The number of nitrogens with one attached hydrogen (secondary N) is 2. The van der Waals surface area contributed by atoms with Crippen LogP contribution in [0.15, 0.2) is 53.5 Å². The van der Waals surface area contributed by atoms with Crippen molar-refractivity contribution in [3.05, 3.63) is 70.4 Å². The molecule has 0 radical (unpaired) electrons. The summed E-state index contributed by atoms with van der Waals surface area (Å²) in [7, 11) is 0. The zero-order valence-electron chi connectivity index (χ0n) is 15.5. The smallest absolute Gasteiger partial charge is 0.267 e. The van der Waals surface area contributed by atoms with Gasteiger partial charge in [0.15, 0.2) is 5.69 Å². The first-order valence-corrected chi connectivity index (χ1v) is 9.13. The number of nitrogens with zero attached hydrogens (tertiary/aromatic N) is 3. The third-order valence-electron chi connectivity index (χ3n) is 4.24.